The Labute approximate surface area is 171 Å². The van der Waals surface area contributed by atoms with E-state index in [0.717, 1.165) is 51.9 Å². The lowest BCUT2D eigenvalue weighted by Gasteiger charge is -2.33. The maximum absolute atomic E-state index is 12.7. The van der Waals surface area contributed by atoms with Crippen molar-refractivity contribution in [3.05, 3.63) is 28.2 Å². The number of para-hydroxylation sites is 1. The smallest absolute Gasteiger partial charge is 0.238 e. The summed E-state index contributed by atoms with van der Waals surface area (Å²) in [4.78, 5) is 29.2. The fourth-order valence-corrected chi connectivity index (χ4v) is 4.38. The van der Waals surface area contributed by atoms with E-state index in [1.807, 2.05) is 0 Å². The van der Waals surface area contributed by atoms with Crippen LogP contribution in [0.1, 0.15) is 38.5 Å². The van der Waals surface area contributed by atoms with Crippen molar-refractivity contribution in [1.29, 1.82) is 0 Å². The first-order valence-electron chi connectivity index (χ1n) is 9.79. The molecule has 0 spiro atoms. The molecule has 2 aliphatic heterocycles. The Morgan fingerprint density at radius 3 is 2.15 bits per heavy atom. The molecule has 2 aliphatic rings. The van der Waals surface area contributed by atoms with Crippen LogP contribution in [-0.2, 0) is 9.59 Å². The molecule has 0 aliphatic carbocycles. The summed E-state index contributed by atoms with van der Waals surface area (Å²) in [7, 11) is 0. The molecule has 0 radical (unpaired) electrons. The number of hydrogen-bond donors (Lipinski definition) is 1. The summed E-state index contributed by atoms with van der Waals surface area (Å²) in [5, 5.41) is 3.66. The van der Waals surface area contributed by atoms with Gasteiger partial charge in [0.25, 0.3) is 0 Å². The van der Waals surface area contributed by atoms with Gasteiger partial charge in [-0.3, -0.25) is 14.5 Å². The number of nitrogens with one attached hydrogen (secondary N) is 1. The van der Waals surface area contributed by atoms with Crippen LogP contribution in [-0.4, -0.2) is 54.3 Å². The van der Waals surface area contributed by atoms with Crippen molar-refractivity contribution in [2.75, 3.05) is 38.0 Å². The van der Waals surface area contributed by atoms with E-state index in [0.29, 0.717) is 21.6 Å². The third-order valence-electron chi connectivity index (χ3n) is 5.45. The zero-order chi connectivity index (χ0) is 19.2. The minimum Gasteiger partial charge on any atom is -0.342 e. The first kappa shape index (κ1) is 20.4. The highest BCUT2D eigenvalue weighted by Crippen LogP contribution is 2.30. The van der Waals surface area contributed by atoms with Crippen LogP contribution in [0.2, 0.25) is 10.0 Å². The maximum atomic E-state index is 12.7. The lowest BCUT2D eigenvalue weighted by molar-refractivity contribution is -0.137. The summed E-state index contributed by atoms with van der Waals surface area (Å²) in [6, 6.07) is 5.14. The second-order valence-corrected chi connectivity index (χ2v) is 8.25. The number of rotatable bonds is 4. The zero-order valence-electron chi connectivity index (χ0n) is 15.6. The number of likely N-dealkylation sites (tertiary alicyclic amines) is 2. The van der Waals surface area contributed by atoms with Gasteiger partial charge in [-0.2, -0.15) is 0 Å². The molecular weight excluding hydrogens is 385 g/mol. The average molecular weight is 412 g/mol. The number of piperidine rings is 1. The van der Waals surface area contributed by atoms with Crippen molar-refractivity contribution in [1.82, 2.24) is 9.80 Å². The topological polar surface area (TPSA) is 52.7 Å². The van der Waals surface area contributed by atoms with Gasteiger partial charge in [0.05, 0.1) is 22.3 Å². The highest BCUT2D eigenvalue weighted by atomic mass is 35.5. The molecule has 148 valence electrons. The third kappa shape index (κ3) is 5.59. The summed E-state index contributed by atoms with van der Waals surface area (Å²) in [6.07, 6.45) is 6.33. The standard InChI is InChI=1S/C20H27Cl2N3O2/c21-16-6-5-7-17(22)19(16)23-18(26)14-24-12-8-15(9-13-24)20(27)25-10-3-1-2-4-11-25/h5-7,15H,1-4,8-14H2,(H,23,26). The summed E-state index contributed by atoms with van der Waals surface area (Å²) in [6.45, 7) is 3.61. The Kier molecular flexibility index (Phi) is 7.39. The number of carbonyl (C=O) groups is 2. The zero-order valence-corrected chi connectivity index (χ0v) is 17.1. The first-order chi connectivity index (χ1) is 13.0. The van der Waals surface area contributed by atoms with Crippen molar-refractivity contribution < 1.29 is 9.59 Å². The van der Waals surface area contributed by atoms with Crippen LogP contribution in [0.15, 0.2) is 18.2 Å². The van der Waals surface area contributed by atoms with E-state index >= 15 is 0 Å². The summed E-state index contributed by atoms with van der Waals surface area (Å²) in [5.41, 5.74) is 0.456. The maximum Gasteiger partial charge on any atom is 0.238 e. The molecule has 1 aromatic rings. The van der Waals surface area contributed by atoms with Crippen LogP contribution in [0.3, 0.4) is 0 Å². The van der Waals surface area contributed by atoms with Gasteiger partial charge in [0, 0.05) is 19.0 Å². The minimum atomic E-state index is -0.137. The van der Waals surface area contributed by atoms with Crippen molar-refractivity contribution in [2.24, 2.45) is 5.92 Å². The van der Waals surface area contributed by atoms with Gasteiger partial charge in [-0.15, -0.1) is 0 Å². The van der Waals surface area contributed by atoms with Crippen molar-refractivity contribution >= 4 is 40.7 Å². The van der Waals surface area contributed by atoms with E-state index in [9.17, 15) is 9.59 Å². The van der Waals surface area contributed by atoms with Gasteiger partial charge in [0.2, 0.25) is 11.8 Å². The van der Waals surface area contributed by atoms with Crippen LogP contribution >= 0.6 is 23.2 Å². The number of anilines is 1. The van der Waals surface area contributed by atoms with Crippen molar-refractivity contribution in [3.63, 3.8) is 0 Å². The molecule has 2 saturated heterocycles. The summed E-state index contributed by atoms with van der Waals surface area (Å²) < 4.78 is 0. The molecule has 0 saturated carbocycles. The fourth-order valence-electron chi connectivity index (χ4n) is 3.89. The lowest BCUT2D eigenvalue weighted by Crippen LogP contribution is -2.44. The molecule has 0 aromatic heterocycles. The Bertz CT molecular complexity index is 647. The van der Waals surface area contributed by atoms with Crippen LogP contribution in [0.4, 0.5) is 5.69 Å². The van der Waals surface area contributed by atoms with Gasteiger partial charge in [0.1, 0.15) is 0 Å². The van der Waals surface area contributed by atoms with Crippen LogP contribution in [0.5, 0.6) is 0 Å². The molecule has 2 amide bonds. The lowest BCUT2D eigenvalue weighted by atomic mass is 9.95. The quantitative estimate of drug-likeness (QED) is 0.812. The Balaban J connectivity index is 1.46. The summed E-state index contributed by atoms with van der Waals surface area (Å²) in [5.74, 6) is 0.270. The van der Waals surface area contributed by atoms with Crippen LogP contribution < -0.4 is 5.32 Å². The fraction of sp³-hybridized carbons (Fsp3) is 0.600. The number of benzene rings is 1. The number of amides is 2. The third-order valence-corrected chi connectivity index (χ3v) is 6.08. The Morgan fingerprint density at radius 1 is 0.963 bits per heavy atom. The Morgan fingerprint density at radius 2 is 1.56 bits per heavy atom. The van der Waals surface area contributed by atoms with E-state index in [4.69, 9.17) is 23.2 Å². The van der Waals surface area contributed by atoms with Gasteiger partial charge in [-0.1, -0.05) is 42.1 Å². The predicted octanol–water partition coefficient (Wildman–Crippen LogP) is 4.05. The van der Waals surface area contributed by atoms with Crippen LogP contribution in [0.25, 0.3) is 0 Å². The SMILES string of the molecule is O=C(CN1CCC(C(=O)N2CCCCCC2)CC1)Nc1c(Cl)cccc1Cl. The van der Waals surface area contributed by atoms with E-state index in [-0.39, 0.29) is 18.4 Å². The largest absolute Gasteiger partial charge is 0.342 e. The van der Waals surface area contributed by atoms with Gasteiger partial charge < -0.3 is 10.2 Å². The second-order valence-electron chi connectivity index (χ2n) is 7.43. The monoisotopic (exact) mass is 411 g/mol. The van der Waals surface area contributed by atoms with Crippen molar-refractivity contribution in [2.45, 2.75) is 38.5 Å². The number of halogens is 2. The van der Waals surface area contributed by atoms with E-state index in [1.165, 1.54) is 12.8 Å². The highest BCUT2D eigenvalue weighted by molar-refractivity contribution is 6.39. The van der Waals surface area contributed by atoms with E-state index in [1.54, 1.807) is 18.2 Å². The molecular formula is C20H27Cl2N3O2. The van der Waals surface area contributed by atoms with E-state index in [2.05, 4.69) is 15.1 Å². The normalized spacial score (nSPS) is 19.6. The molecule has 0 atom stereocenters. The van der Waals surface area contributed by atoms with E-state index < -0.39 is 0 Å². The molecule has 27 heavy (non-hydrogen) atoms. The van der Waals surface area contributed by atoms with Gasteiger partial charge in [0.15, 0.2) is 0 Å². The number of hydrogen-bond acceptors (Lipinski definition) is 3. The first-order valence-corrected chi connectivity index (χ1v) is 10.5. The molecule has 0 bridgehead atoms. The van der Waals surface area contributed by atoms with Gasteiger partial charge in [-0.25, -0.2) is 0 Å². The number of nitrogens with zero attached hydrogens (tertiary/aromatic N) is 2. The van der Waals surface area contributed by atoms with Gasteiger partial charge in [-0.05, 0) is 50.9 Å². The summed E-state index contributed by atoms with van der Waals surface area (Å²) >= 11 is 12.2. The molecule has 0 unspecified atom stereocenters. The molecule has 1 N–H and O–H groups in total. The van der Waals surface area contributed by atoms with Gasteiger partial charge >= 0.3 is 0 Å². The molecule has 3 rings (SSSR count). The molecule has 2 fully saturated rings. The molecule has 5 nitrogen and oxygen atoms in total. The van der Waals surface area contributed by atoms with Crippen LogP contribution in [0, 0.1) is 5.92 Å². The Hall–Kier alpha value is -1.30. The van der Waals surface area contributed by atoms with Crippen molar-refractivity contribution in [3.8, 4) is 0 Å². The number of carbonyl (C=O) groups excluding carboxylic acids is 2. The molecule has 1 aromatic carbocycles. The molecule has 7 heteroatoms. The second kappa shape index (κ2) is 9.76. The minimum absolute atomic E-state index is 0.0976. The molecule has 2 heterocycles. The average Bonchev–Trinajstić information content (AvgIpc) is 2.94. The predicted molar refractivity (Wildman–Crippen MR) is 109 cm³/mol. The highest BCUT2D eigenvalue weighted by Gasteiger charge is 2.29.